The minimum Gasteiger partial charge on any atom is -0.385 e. The first kappa shape index (κ1) is 15.5. The predicted molar refractivity (Wildman–Crippen MR) is 78.6 cm³/mol. The van der Waals surface area contributed by atoms with Gasteiger partial charge in [-0.15, -0.1) is 0 Å². The molecule has 0 unspecified atom stereocenters. The molecule has 0 saturated heterocycles. The second kappa shape index (κ2) is 7.79. The maximum Gasteiger partial charge on any atom is 0.239 e. The fourth-order valence-corrected chi connectivity index (χ4v) is 2.13. The highest BCUT2D eigenvalue weighted by Crippen LogP contribution is 2.21. The number of rotatable bonds is 7. The van der Waals surface area contributed by atoms with E-state index < -0.39 is 0 Å². The predicted octanol–water partition coefficient (Wildman–Crippen LogP) is 2.18. The van der Waals surface area contributed by atoms with Gasteiger partial charge in [-0.2, -0.15) is 0 Å². The van der Waals surface area contributed by atoms with Gasteiger partial charge in [-0.3, -0.25) is 4.79 Å². The summed E-state index contributed by atoms with van der Waals surface area (Å²) in [4.78, 5) is 11.7. The maximum absolute atomic E-state index is 11.7. The molecule has 0 aliphatic carbocycles. The molecule has 0 fully saturated rings. The zero-order chi connectivity index (χ0) is 14.3. The van der Waals surface area contributed by atoms with E-state index in [1.54, 1.807) is 7.11 Å². The molecule has 0 saturated carbocycles. The number of amides is 1. The molecule has 0 spiro atoms. The van der Waals surface area contributed by atoms with Crippen LogP contribution in [0.4, 0.5) is 5.69 Å². The van der Waals surface area contributed by atoms with Crippen LogP contribution in [-0.4, -0.2) is 32.7 Å². The third-order valence-corrected chi connectivity index (χ3v) is 2.95. The van der Waals surface area contributed by atoms with Gasteiger partial charge in [0.1, 0.15) is 0 Å². The Morgan fingerprint density at radius 2 is 1.84 bits per heavy atom. The van der Waals surface area contributed by atoms with E-state index in [9.17, 15) is 4.79 Å². The Kier molecular flexibility index (Phi) is 6.36. The first-order chi connectivity index (χ1) is 9.04. The fraction of sp³-hybridized carbons (Fsp3) is 0.533. The molecule has 1 aromatic rings. The van der Waals surface area contributed by atoms with Crippen LogP contribution in [0.2, 0.25) is 0 Å². The minimum atomic E-state index is 0.00970. The standard InChI is InChI=1S/C15H24N2O2/c1-11-8-12(2)15(13(3)9-11)17-10-14(18)16-6-5-7-19-4/h8-9,17H,5-7,10H2,1-4H3,(H,16,18). The summed E-state index contributed by atoms with van der Waals surface area (Å²) in [7, 11) is 1.66. The normalized spacial score (nSPS) is 10.3. The van der Waals surface area contributed by atoms with Gasteiger partial charge in [0.25, 0.3) is 0 Å². The number of nitrogens with one attached hydrogen (secondary N) is 2. The highest BCUT2D eigenvalue weighted by molar-refractivity contribution is 5.81. The van der Waals surface area contributed by atoms with E-state index in [1.807, 2.05) is 0 Å². The number of hydrogen-bond donors (Lipinski definition) is 2. The molecule has 0 atom stereocenters. The highest BCUT2D eigenvalue weighted by atomic mass is 16.5. The number of ether oxygens (including phenoxy) is 1. The second-order valence-electron chi connectivity index (χ2n) is 4.82. The van der Waals surface area contributed by atoms with Crippen molar-refractivity contribution < 1.29 is 9.53 Å². The third kappa shape index (κ3) is 5.30. The van der Waals surface area contributed by atoms with E-state index in [4.69, 9.17) is 4.74 Å². The van der Waals surface area contributed by atoms with Crippen LogP contribution in [0.1, 0.15) is 23.1 Å². The average Bonchev–Trinajstić information content (AvgIpc) is 2.33. The zero-order valence-corrected chi connectivity index (χ0v) is 12.3. The molecule has 0 bridgehead atoms. The first-order valence-electron chi connectivity index (χ1n) is 6.62. The number of aryl methyl sites for hydroxylation is 3. The molecule has 106 valence electrons. The van der Waals surface area contributed by atoms with E-state index in [2.05, 4.69) is 43.5 Å². The molecular formula is C15H24N2O2. The van der Waals surface area contributed by atoms with Crippen LogP contribution in [0.15, 0.2) is 12.1 Å². The van der Waals surface area contributed by atoms with Gasteiger partial charge in [-0.25, -0.2) is 0 Å². The number of carbonyl (C=O) groups excluding carboxylic acids is 1. The monoisotopic (exact) mass is 264 g/mol. The van der Waals surface area contributed by atoms with Crippen LogP contribution < -0.4 is 10.6 Å². The lowest BCUT2D eigenvalue weighted by atomic mass is 10.1. The van der Waals surface area contributed by atoms with Gasteiger partial charge in [-0.1, -0.05) is 17.7 Å². The topological polar surface area (TPSA) is 50.4 Å². The summed E-state index contributed by atoms with van der Waals surface area (Å²) in [6.07, 6.45) is 0.838. The molecule has 1 amide bonds. The molecule has 0 aliphatic rings. The molecule has 4 heteroatoms. The molecular weight excluding hydrogens is 240 g/mol. The second-order valence-corrected chi connectivity index (χ2v) is 4.82. The zero-order valence-electron chi connectivity index (χ0n) is 12.3. The Balaban J connectivity index is 2.42. The lowest BCUT2D eigenvalue weighted by Crippen LogP contribution is -2.31. The van der Waals surface area contributed by atoms with Crippen molar-refractivity contribution in [3.05, 3.63) is 28.8 Å². The maximum atomic E-state index is 11.7. The fourth-order valence-electron chi connectivity index (χ4n) is 2.13. The molecule has 19 heavy (non-hydrogen) atoms. The molecule has 0 heterocycles. The van der Waals surface area contributed by atoms with Crippen LogP contribution in [0, 0.1) is 20.8 Å². The number of benzene rings is 1. The molecule has 1 rings (SSSR count). The largest absolute Gasteiger partial charge is 0.385 e. The third-order valence-electron chi connectivity index (χ3n) is 2.95. The highest BCUT2D eigenvalue weighted by Gasteiger charge is 2.05. The van der Waals surface area contributed by atoms with Gasteiger partial charge in [-0.05, 0) is 38.3 Å². The van der Waals surface area contributed by atoms with Gasteiger partial charge in [0.2, 0.25) is 5.91 Å². The van der Waals surface area contributed by atoms with Crippen molar-refractivity contribution >= 4 is 11.6 Å². The molecule has 2 N–H and O–H groups in total. The van der Waals surface area contributed by atoms with E-state index >= 15 is 0 Å². The van der Waals surface area contributed by atoms with Gasteiger partial charge < -0.3 is 15.4 Å². The van der Waals surface area contributed by atoms with Crippen LogP contribution >= 0.6 is 0 Å². The number of carbonyl (C=O) groups is 1. The Morgan fingerprint density at radius 3 is 2.42 bits per heavy atom. The summed E-state index contributed by atoms with van der Waals surface area (Å²) >= 11 is 0. The molecule has 0 radical (unpaired) electrons. The Hall–Kier alpha value is -1.55. The van der Waals surface area contributed by atoms with Crippen molar-refractivity contribution in [1.29, 1.82) is 0 Å². The number of anilines is 1. The summed E-state index contributed by atoms with van der Waals surface area (Å²) in [5.74, 6) is 0.00970. The van der Waals surface area contributed by atoms with Crippen LogP contribution in [-0.2, 0) is 9.53 Å². The van der Waals surface area contributed by atoms with Crippen molar-refractivity contribution in [1.82, 2.24) is 5.32 Å². The van der Waals surface area contributed by atoms with Crippen molar-refractivity contribution in [3.8, 4) is 0 Å². The molecule has 0 aliphatic heterocycles. The molecule has 1 aromatic carbocycles. The van der Waals surface area contributed by atoms with Crippen molar-refractivity contribution in [2.45, 2.75) is 27.2 Å². The van der Waals surface area contributed by atoms with Gasteiger partial charge in [0.15, 0.2) is 0 Å². The van der Waals surface area contributed by atoms with Crippen molar-refractivity contribution in [2.75, 3.05) is 32.1 Å². The van der Waals surface area contributed by atoms with Gasteiger partial charge in [0, 0.05) is 25.9 Å². The van der Waals surface area contributed by atoms with Gasteiger partial charge in [0.05, 0.1) is 6.54 Å². The lowest BCUT2D eigenvalue weighted by molar-refractivity contribution is -0.119. The SMILES string of the molecule is COCCCNC(=O)CNc1c(C)cc(C)cc1C. The van der Waals surface area contributed by atoms with E-state index in [0.717, 1.165) is 12.1 Å². The first-order valence-corrected chi connectivity index (χ1v) is 6.62. The van der Waals surface area contributed by atoms with E-state index in [-0.39, 0.29) is 5.91 Å². The summed E-state index contributed by atoms with van der Waals surface area (Å²) in [6.45, 7) is 7.81. The number of methoxy groups -OCH3 is 1. The number of hydrogen-bond acceptors (Lipinski definition) is 3. The quantitative estimate of drug-likeness (QED) is 0.742. The molecule has 0 aromatic heterocycles. The Morgan fingerprint density at radius 1 is 1.21 bits per heavy atom. The molecule has 4 nitrogen and oxygen atoms in total. The summed E-state index contributed by atoms with van der Waals surface area (Å²) in [5, 5.41) is 6.06. The van der Waals surface area contributed by atoms with Crippen molar-refractivity contribution in [3.63, 3.8) is 0 Å². The smallest absolute Gasteiger partial charge is 0.239 e. The van der Waals surface area contributed by atoms with E-state index in [0.29, 0.717) is 19.7 Å². The van der Waals surface area contributed by atoms with Gasteiger partial charge >= 0.3 is 0 Å². The summed E-state index contributed by atoms with van der Waals surface area (Å²) in [6, 6.07) is 4.23. The van der Waals surface area contributed by atoms with Crippen LogP contribution in [0.5, 0.6) is 0 Å². The van der Waals surface area contributed by atoms with Crippen LogP contribution in [0.25, 0.3) is 0 Å². The Bertz CT molecular complexity index is 407. The summed E-state index contributed by atoms with van der Waals surface area (Å²) < 4.78 is 4.93. The lowest BCUT2D eigenvalue weighted by Gasteiger charge is -2.13. The average molecular weight is 264 g/mol. The van der Waals surface area contributed by atoms with E-state index in [1.165, 1.54) is 16.7 Å². The van der Waals surface area contributed by atoms with Crippen molar-refractivity contribution in [2.24, 2.45) is 0 Å². The Labute approximate surface area is 115 Å². The van der Waals surface area contributed by atoms with Crippen LogP contribution in [0.3, 0.4) is 0 Å². The minimum absolute atomic E-state index is 0.00970. The summed E-state index contributed by atoms with van der Waals surface area (Å²) in [5.41, 5.74) is 4.64.